The maximum atomic E-state index is 11.5. The van der Waals surface area contributed by atoms with Crippen LogP contribution in [0, 0.1) is 5.92 Å². The summed E-state index contributed by atoms with van der Waals surface area (Å²) in [5.41, 5.74) is 0. The van der Waals surface area contributed by atoms with Crippen LogP contribution < -0.4 is 16.0 Å². The first kappa shape index (κ1) is 24.7. The fraction of sp³-hybridized carbons (Fsp3) is 0.875. The van der Waals surface area contributed by atoms with Crippen molar-refractivity contribution in [2.75, 3.05) is 39.4 Å². The zero-order chi connectivity index (χ0) is 16.6. The summed E-state index contributed by atoms with van der Waals surface area (Å²) in [5.74, 6) is 1.47. The third-order valence-electron chi connectivity index (χ3n) is 2.91. The van der Waals surface area contributed by atoms with Crippen LogP contribution >= 0.6 is 24.0 Å². The lowest BCUT2D eigenvalue weighted by atomic mass is 10.1. The first-order valence-corrected chi connectivity index (χ1v) is 8.46. The summed E-state index contributed by atoms with van der Waals surface area (Å²) in [6, 6.07) is 0. The molecule has 0 bridgehead atoms. The molecule has 7 heteroatoms. The van der Waals surface area contributed by atoms with Crippen molar-refractivity contribution in [2.24, 2.45) is 10.9 Å². The maximum absolute atomic E-state index is 11.5. The van der Waals surface area contributed by atoms with Gasteiger partial charge in [0.25, 0.3) is 0 Å². The lowest BCUT2D eigenvalue weighted by Crippen LogP contribution is -2.39. The van der Waals surface area contributed by atoms with Gasteiger partial charge in [-0.2, -0.15) is 0 Å². The fourth-order valence-electron chi connectivity index (χ4n) is 1.63. The molecule has 0 aromatic heterocycles. The van der Waals surface area contributed by atoms with Crippen molar-refractivity contribution >= 4 is 35.8 Å². The second-order valence-corrected chi connectivity index (χ2v) is 5.58. The summed E-state index contributed by atoms with van der Waals surface area (Å²) >= 11 is 0. The van der Waals surface area contributed by atoms with Gasteiger partial charge in [0.15, 0.2) is 5.96 Å². The molecule has 23 heavy (non-hydrogen) atoms. The molecule has 0 aliphatic rings. The van der Waals surface area contributed by atoms with E-state index in [2.05, 4.69) is 34.8 Å². The first-order chi connectivity index (χ1) is 10.6. The molecule has 0 aromatic carbocycles. The van der Waals surface area contributed by atoms with Crippen LogP contribution in [0.4, 0.5) is 0 Å². The number of amides is 1. The number of hydrogen-bond acceptors (Lipinski definition) is 3. The molecule has 0 heterocycles. The first-order valence-electron chi connectivity index (χ1n) is 8.46. The van der Waals surface area contributed by atoms with Crippen LogP contribution in [0.2, 0.25) is 0 Å². The number of aliphatic imine (C=N–C) groups is 1. The fourth-order valence-corrected chi connectivity index (χ4v) is 1.63. The highest BCUT2D eigenvalue weighted by atomic mass is 127. The molecule has 0 atom stereocenters. The topological polar surface area (TPSA) is 74.8 Å². The van der Waals surface area contributed by atoms with E-state index in [1.54, 1.807) is 0 Å². The highest BCUT2D eigenvalue weighted by molar-refractivity contribution is 14.0. The molecular formula is C16H35IN4O2. The van der Waals surface area contributed by atoms with Crippen LogP contribution in [0.1, 0.15) is 47.0 Å². The van der Waals surface area contributed by atoms with Gasteiger partial charge in [-0.25, -0.2) is 0 Å². The Bertz CT molecular complexity index is 312. The van der Waals surface area contributed by atoms with Crippen molar-refractivity contribution in [3.05, 3.63) is 0 Å². The van der Waals surface area contributed by atoms with E-state index in [-0.39, 0.29) is 29.9 Å². The molecule has 0 unspecified atom stereocenters. The van der Waals surface area contributed by atoms with Crippen molar-refractivity contribution < 1.29 is 9.53 Å². The standard InChI is InChI=1S/C16H34N4O2.HI/c1-5-9-18-15(21)7-10-19-16(17-6-2)20-11-13-22-12-8-14(3)4;/h14H,5-13H2,1-4H3,(H,18,21)(H2,17,19,20);1H. The van der Waals surface area contributed by atoms with E-state index in [4.69, 9.17) is 4.74 Å². The Morgan fingerprint density at radius 2 is 1.83 bits per heavy atom. The van der Waals surface area contributed by atoms with Gasteiger partial charge in [0, 0.05) is 32.7 Å². The number of hydrogen-bond donors (Lipinski definition) is 3. The minimum atomic E-state index is 0. The summed E-state index contributed by atoms with van der Waals surface area (Å²) in [6.45, 7) is 12.6. The molecule has 138 valence electrons. The number of ether oxygens (including phenoxy) is 1. The van der Waals surface area contributed by atoms with E-state index in [9.17, 15) is 4.79 Å². The molecule has 0 saturated carbocycles. The molecule has 0 saturated heterocycles. The van der Waals surface area contributed by atoms with Crippen LogP contribution in [0.5, 0.6) is 0 Å². The average molecular weight is 442 g/mol. The summed E-state index contributed by atoms with van der Waals surface area (Å²) in [4.78, 5) is 15.9. The minimum absolute atomic E-state index is 0. The van der Waals surface area contributed by atoms with Crippen molar-refractivity contribution in [1.29, 1.82) is 0 Å². The Kier molecular flexibility index (Phi) is 19.1. The van der Waals surface area contributed by atoms with Crippen LogP contribution in [-0.4, -0.2) is 51.3 Å². The Morgan fingerprint density at radius 3 is 2.43 bits per heavy atom. The van der Waals surface area contributed by atoms with Gasteiger partial charge in [-0.1, -0.05) is 20.8 Å². The maximum Gasteiger partial charge on any atom is 0.221 e. The largest absolute Gasteiger partial charge is 0.380 e. The van der Waals surface area contributed by atoms with E-state index in [0.717, 1.165) is 38.5 Å². The SMILES string of the molecule is CCCNC(=O)CCNC(=NCCOCCC(C)C)NCC.I. The summed E-state index contributed by atoms with van der Waals surface area (Å²) in [5, 5.41) is 9.17. The molecule has 0 spiro atoms. The molecule has 0 radical (unpaired) electrons. The second kappa shape index (κ2) is 17.8. The van der Waals surface area contributed by atoms with E-state index in [0.29, 0.717) is 32.0 Å². The Labute approximate surface area is 158 Å². The van der Waals surface area contributed by atoms with E-state index in [1.807, 2.05) is 13.8 Å². The quantitative estimate of drug-likeness (QED) is 0.187. The monoisotopic (exact) mass is 442 g/mol. The smallest absolute Gasteiger partial charge is 0.221 e. The molecule has 0 aliphatic heterocycles. The van der Waals surface area contributed by atoms with Gasteiger partial charge in [-0.3, -0.25) is 9.79 Å². The number of guanidine groups is 1. The molecule has 0 fully saturated rings. The van der Waals surface area contributed by atoms with Crippen LogP contribution in [0.15, 0.2) is 4.99 Å². The molecule has 0 aliphatic carbocycles. The van der Waals surface area contributed by atoms with Crippen molar-refractivity contribution in [1.82, 2.24) is 16.0 Å². The van der Waals surface area contributed by atoms with Gasteiger partial charge < -0.3 is 20.7 Å². The Hall–Kier alpha value is -0.570. The Morgan fingerprint density at radius 1 is 1.09 bits per heavy atom. The van der Waals surface area contributed by atoms with Crippen molar-refractivity contribution in [3.8, 4) is 0 Å². The lowest BCUT2D eigenvalue weighted by molar-refractivity contribution is -0.120. The highest BCUT2D eigenvalue weighted by Crippen LogP contribution is 1.98. The summed E-state index contributed by atoms with van der Waals surface area (Å²) in [6.07, 6.45) is 2.49. The van der Waals surface area contributed by atoms with Crippen molar-refractivity contribution in [2.45, 2.75) is 47.0 Å². The van der Waals surface area contributed by atoms with Crippen molar-refractivity contribution in [3.63, 3.8) is 0 Å². The number of halogens is 1. The normalized spacial score (nSPS) is 11.1. The number of nitrogens with one attached hydrogen (secondary N) is 3. The summed E-state index contributed by atoms with van der Waals surface area (Å²) in [7, 11) is 0. The Balaban J connectivity index is 0. The molecule has 0 aromatic rings. The number of nitrogens with zero attached hydrogens (tertiary/aromatic N) is 1. The van der Waals surface area contributed by atoms with Gasteiger partial charge in [0.2, 0.25) is 5.91 Å². The van der Waals surface area contributed by atoms with E-state index < -0.39 is 0 Å². The van der Waals surface area contributed by atoms with Gasteiger partial charge in [-0.05, 0) is 25.7 Å². The van der Waals surface area contributed by atoms with Gasteiger partial charge in [0.05, 0.1) is 13.2 Å². The second-order valence-electron chi connectivity index (χ2n) is 5.58. The van der Waals surface area contributed by atoms with Crippen LogP contribution in [0.3, 0.4) is 0 Å². The lowest BCUT2D eigenvalue weighted by Gasteiger charge is -2.11. The van der Waals surface area contributed by atoms with Crippen LogP contribution in [0.25, 0.3) is 0 Å². The van der Waals surface area contributed by atoms with Gasteiger partial charge in [0.1, 0.15) is 0 Å². The molecule has 0 rings (SSSR count). The zero-order valence-corrected chi connectivity index (χ0v) is 17.4. The number of carbonyl (C=O) groups is 1. The van der Waals surface area contributed by atoms with E-state index in [1.165, 1.54) is 0 Å². The van der Waals surface area contributed by atoms with E-state index >= 15 is 0 Å². The highest BCUT2D eigenvalue weighted by Gasteiger charge is 2.01. The minimum Gasteiger partial charge on any atom is -0.380 e. The number of carbonyl (C=O) groups excluding carboxylic acids is 1. The third kappa shape index (κ3) is 17.6. The average Bonchev–Trinajstić information content (AvgIpc) is 2.48. The summed E-state index contributed by atoms with van der Waals surface area (Å²) < 4.78 is 5.53. The van der Waals surface area contributed by atoms with Gasteiger partial charge in [-0.15, -0.1) is 24.0 Å². The zero-order valence-electron chi connectivity index (χ0n) is 15.1. The number of rotatable bonds is 12. The third-order valence-corrected chi connectivity index (χ3v) is 2.91. The predicted octanol–water partition coefficient (Wildman–Crippen LogP) is 2.14. The van der Waals surface area contributed by atoms with Gasteiger partial charge >= 0.3 is 0 Å². The predicted molar refractivity (Wildman–Crippen MR) is 108 cm³/mol. The molecular weight excluding hydrogens is 407 g/mol. The van der Waals surface area contributed by atoms with Crippen LogP contribution in [-0.2, 0) is 9.53 Å². The molecule has 1 amide bonds. The molecule has 6 nitrogen and oxygen atoms in total. The molecule has 3 N–H and O–H groups in total.